The molecule has 0 radical (unpaired) electrons. The van der Waals surface area contributed by atoms with E-state index in [1.807, 2.05) is 48.5 Å². The molecule has 266 valence electrons. The van der Waals surface area contributed by atoms with Gasteiger partial charge in [-0.3, -0.25) is 0 Å². The Morgan fingerprint density at radius 3 is 1.56 bits per heavy atom. The lowest BCUT2D eigenvalue weighted by Gasteiger charge is -2.37. The van der Waals surface area contributed by atoms with Gasteiger partial charge in [0.05, 0.1) is 74.5 Å². The summed E-state index contributed by atoms with van der Waals surface area (Å²) in [5.74, 6) is 0.999. The van der Waals surface area contributed by atoms with E-state index in [2.05, 4.69) is 43.6 Å². The average Bonchev–Trinajstić information content (AvgIpc) is 3.19. The third-order valence-corrected chi connectivity index (χ3v) is 9.93. The second-order valence-electron chi connectivity index (χ2n) is 13.1. The molecule has 4 aromatic heterocycles. The van der Waals surface area contributed by atoms with Gasteiger partial charge in [0.25, 0.3) is 0 Å². The van der Waals surface area contributed by atoms with Crippen LogP contribution in [0, 0.1) is 0 Å². The zero-order valence-electron chi connectivity index (χ0n) is 29.6. The third kappa shape index (κ3) is 6.00. The first kappa shape index (κ1) is 33.6. The number of benzene rings is 2. The van der Waals surface area contributed by atoms with Gasteiger partial charge in [0, 0.05) is 59.5 Å². The molecule has 6 aromatic rings. The Bertz CT molecular complexity index is 2100. The summed E-state index contributed by atoms with van der Waals surface area (Å²) in [5.41, 5.74) is 6.93. The lowest BCUT2D eigenvalue weighted by Crippen LogP contribution is -2.44. The Labute approximate surface area is 301 Å². The largest absolute Gasteiger partial charge is 0.496 e. The lowest BCUT2D eigenvalue weighted by molar-refractivity contribution is 0.0989. The summed E-state index contributed by atoms with van der Waals surface area (Å²) in [6, 6.07) is 15.9. The van der Waals surface area contributed by atoms with Crippen LogP contribution in [0.2, 0.25) is 0 Å². The smallest absolute Gasteiger partial charge is 0.163 e. The predicted octanol–water partition coefficient (Wildman–Crippen LogP) is 5.25. The molecule has 2 aromatic carbocycles. The number of morpholine rings is 2. The molecule has 2 saturated heterocycles. The van der Waals surface area contributed by atoms with E-state index in [0.717, 1.165) is 33.3 Å². The Morgan fingerprint density at radius 1 is 0.673 bits per heavy atom. The van der Waals surface area contributed by atoms with Crippen LogP contribution in [-0.2, 0) is 9.47 Å². The van der Waals surface area contributed by atoms with Crippen molar-refractivity contribution in [2.75, 3.05) is 63.5 Å². The average molecular weight is 701 g/mol. The molecule has 0 saturated carbocycles. The van der Waals surface area contributed by atoms with Gasteiger partial charge in [-0.15, -0.1) is 0 Å². The zero-order chi connectivity index (χ0) is 35.8. The molecule has 13 nitrogen and oxygen atoms in total. The molecule has 6 heterocycles. The molecular weight excluding hydrogens is 660 g/mol. The maximum atomic E-state index is 12.5. The van der Waals surface area contributed by atoms with Gasteiger partial charge in [0.15, 0.2) is 11.3 Å². The molecule has 2 aliphatic rings. The third-order valence-electron chi connectivity index (χ3n) is 9.93. The zero-order valence-corrected chi connectivity index (χ0v) is 29.6. The summed E-state index contributed by atoms with van der Waals surface area (Å²) in [4.78, 5) is 31.7. The van der Waals surface area contributed by atoms with Gasteiger partial charge in [0.1, 0.15) is 30.3 Å². The Hall–Kier alpha value is -5.50. The number of hydrogen-bond donors (Lipinski definition) is 1. The number of ether oxygens (including phenoxy) is 4. The quantitative estimate of drug-likeness (QED) is 0.221. The van der Waals surface area contributed by atoms with Crippen molar-refractivity contribution >= 4 is 33.4 Å². The van der Waals surface area contributed by atoms with Gasteiger partial charge < -0.3 is 33.9 Å². The molecule has 1 N–H and O–H groups in total. The first-order valence-corrected chi connectivity index (χ1v) is 17.4. The first-order valence-electron chi connectivity index (χ1n) is 17.4. The summed E-state index contributed by atoms with van der Waals surface area (Å²) >= 11 is 0. The Kier molecular flexibility index (Phi) is 9.22. The number of methoxy groups -OCH3 is 2. The number of fused-ring (bicyclic) bond motifs is 2. The fraction of sp³-hybridized carbons (Fsp3) is 0.333. The minimum Gasteiger partial charge on any atom is -0.496 e. The molecular formula is C39H40N8O5. The highest BCUT2D eigenvalue weighted by molar-refractivity contribution is 5.89. The Balaban J connectivity index is 1.32. The van der Waals surface area contributed by atoms with Crippen molar-refractivity contribution in [2.24, 2.45) is 0 Å². The number of pyridine rings is 2. The van der Waals surface area contributed by atoms with Crippen molar-refractivity contribution < 1.29 is 24.1 Å². The second kappa shape index (κ2) is 14.3. The summed E-state index contributed by atoms with van der Waals surface area (Å²) in [6.07, 6.45) is 5.31. The monoisotopic (exact) mass is 700 g/mol. The van der Waals surface area contributed by atoms with Crippen LogP contribution >= 0.6 is 0 Å². The van der Waals surface area contributed by atoms with Gasteiger partial charge in [-0.05, 0) is 50.2 Å². The van der Waals surface area contributed by atoms with Crippen molar-refractivity contribution in [3.8, 4) is 34.0 Å². The molecule has 2 atom stereocenters. The molecule has 8 rings (SSSR count). The predicted molar refractivity (Wildman–Crippen MR) is 198 cm³/mol. The fourth-order valence-corrected chi connectivity index (χ4v) is 7.37. The molecule has 52 heavy (non-hydrogen) atoms. The summed E-state index contributed by atoms with van der Waals surface area (Å²) in [5, 5.41) is 14.1. The van der Waals surface area contributed by atoms with E-state index in [0.29, 0.717) is 84.8 Å². The minimum atomic E-state index is -1.15. The number of aliphatic hydroxyl groups is 1. The maximum absolute atomic E-state index is 12.5. The molecule has 13 heteroatoms. The van der Waals surface area contributed by atoms with E-state index in [-0.39, 0.29) is 12.1 Å². The summed E-state index contributed by atoms with van der Waals surface area (Å²) in [6.45, 7) is 8.02. The highest BCUT2D eigenvalue weighted by atomic mass is 16.5. The van der Waals surface area contributed by atoms with E-state index >= 15 is 0 Å². The molecule has 0 amide bonds. The van der Waals surface area contributed by atoms with Crippen molar-refractivity contribution in [1.82, 2.24) is 29.9 Å². The first-order chi connectivity index (χ1) is 25.5. The SMILES string of the molecule is COc1c(C(O)c2ccc(N3CCOCC3C)c(-c3ccc4cncnc4n3)c2OC)ccc(N2CCOCC2C)c1-c1ccc2cncnc2n1. The normalized spacial score (nSPS) is 18.5. The topological polar surface area (TPSA) is 141 Å². The molecule has 2 aliphatic heterocycles. The van der Waals surface area contributed by atoms with Crippen LogP contribution in [0.4, 0.5) is 11.4 Å². The van der Waals surface area contributed by atoms with Crippen LogP contribution in [0.5, 0.6) is 11.5 Å². The van der Waals surface area contributed by atoms with Crippen LogP contribution in [0.3, 0.4) is 0 Å². The number of hydrogen-bond acceptors (Lipinski definition) is 13. The highest BCUT2D eigenvalue weighted by Gasteiger charge is 2.32. The molecule has 0 spiro atoms. The van der Waals surface area contributed by atoms with Crippen LogP contribution in [0.25, 0.3) is 44.6 Å². The van der Waals surface area contributed by atoms with Gasteiger partial charge in [0.2, 0.25) is 0 Å². The van der Waals surface area contributed by atoms with Crippen LogP contribution in [-0.4, -0.2) is 101 Å². The van der Waals surface area contributed by atoms with Crippen LogP contribution in [0.15, 0.2) is 73.6 Å². The maximum Gasteiger partial charge on any atom is 0.163 e. The van der Waals surface area contributed by atoms with E-state index < -0.39 is 6.10 Å². The summed E-state index contributed by atoms with van der Waals surface area (Å²) < 4.78 is 24.1. The van der Waals surface area contributed by atoms with Crippen molar-refractivity contribution in [3.63, 3.8) is 0 Å². The number of rotatable bonds is 8. The summed E-state index contributed by atoms with van der Waals surface area (Å²) in [7, 11) is 3.24. The van der Waals surface area contributed by atoms with E-state index in [1.165, 1.54) is 12.7 Å². The van der Waals surface area contributed by atoms with Gasteiger partial charge in [-0.1, -0.05) is 12.1 Å². The van der Waals surface area contributed by atoms with Crippen molar-refractivity contribution in [2.45, 2.75) is 32.0 Å². The lowest BCUT2D eigenvalue weighted by atomic mass is 9.91. The van der Waals surface area contributed by atoms with Crippen molar-refractivity contribution in [3.05, 3.63) is 84.7 Å². The molecule has 2 fully saturated rings. The van der Waals surface area contributed by atoms with E-state index in [1.54, 1.807) is 26.6 Å². The second-order valence-corrected chi connectivity index (χ2v) is 13.1. The molecule has 0 bridgehead atoms. The van der Waals surface area contributed by atoms with Gasteiger partial charge in [-0.2, -0.15) is 0 Å². The molecule has 2 unspecified atom stereocenters. The van der Waals surface area contributed by atoms with Gasteiger partial charge >= 0.3 is 0 Å². The number of anilines is 2. The van der Waals surface area contributed by atoms with Crippen molar-refractivity contribution in [1.29, 1.82) is 0 Å². The van der Waals surface area contributed by atoms with E-state index in [4.69, 9.17) is 28.9 Å². The van der Waals surface area contributed by atoms with Crippen LogP contribution in [0.1, 0.15) is 31.1 Å². The highest BCUT2D eigenvalue weighted by Crippen LogP contribution is 2.49. The van der Waals surface area contributed by atoms with Crippen LogP contribution < -0.4 is 19.3 Å². The standard InChI is InChI=1S/C39H40N8O5/c1-23-19-51-15-13-46(23)31-11-7-27(36(49-3)33(31)29-9-5-25-17-40-21-42-38(25)44-29)35(48)28-8-12-32(47-14-16-52-20-24(47)2)34(37(28)50-4)30-10-6-26-18-41-22-43-39(26)45-30/h5-12,17-18,21-24,35,48H,13-16,19-20H2,1-4H3. The molecule has 0 aliphatic carbocycles. The van der Waals surface area contributed by atoms with E-state index in [9.17, 15) is 5.11 Å². The Morgan fingerprint density at radius 2 is 1.13 bits per heavy atom. The van der Waals surface area contributed by atoms with Gasteiger partial charge in [-0.25, -0.2) is 29.9 Å². The number of nitrogens with zero attached hydrogens (tertiary/aromatic N) is 8. The number of aliphatic hydroxyl groups excluding tert-OH is 1. The number of aromatic nitrogens is 6. The fourth-order valence-electron chi connectivity index (χ4n) is 7.37. The minimum absolute atomic E-state index is 0.105.